The van der Waals surface area contributed by atoms with Gasteiger partial charge in [0.2, 0.25) is 5.91 Å². The fourth-order valence-electron chi connectivity index (χ4n) is 1.11. The van der Waals surface area contributed by atoms with E-state index in [1.54, 1.807) is 5.32 Å². The van der Waals surface area contributed by atoms with E-state index in [0.717, 1.165) is 18.2 Å². The Kier molecular flexibility index (Phi) is 3.74. The number of rotatable bonds is 3. The molecule has 0 heterocycles. The van der Waals surface area contributed by atoms with E-state index in [4.69, 9.17) is 0 Å². The smallest absolute Gasteiger partial charge is 0.397 e. The van der Waals surface area contributed by atoms with Crippen LogP contribution in [0.4, 0.5) is 24.5 Å². The normalized spacial score (nSPS) is 11.1. The number of anilines is 1. The first-order valence-corrected chi connectivity index (χ1v) is 4.53. The van der Waals surface area contributed by atoms with Gasteiger partial charge in [-0.2, -0.15) is 13.2 Å². The Labute approximate surface area is 98.2 Å². The van der Waals surface area contributed by atoms with Crippen LogP contribution in [0, 0.1) is 10.1 Å². The Balaban J connectivity index is 2.87. The fraction of sp³-hybridized carbons (Fsp3) is 0.222. The van der Waals surface area contributed by atoms with Gasteiger partial charge in [0.15, 0.2) is 0 Å². The number of nitrogens with one attached hydrogen (secondary N) is 1. The Hall–Kier alpha value is -2.32. The standard InChI is InChI=1S/C9H7F3N2O4/c10-9(11,12)4-8(16)13-6-3-5(14(17)18)1-2-7(6)15/h1-3,15H,4H2,(H,13,16). The molecule has 1 aromatic rings. The highest BCUT2D eigenvalue weighted by Crippen LogP contribution is 2.29. The summed E-state index contributed by atoms with van der Waals surface area (Å²) >= 11 is 0. The summed E-state index contributed by atoms with van der Waals surface area (Å²) in [6, 6.07) is 2.62. The van der Waals surface area contributed by atoms with Crippen LogP contribution in [0.3, 0.4) is 0 Å². The van der Waals surface area contributed by atoms with E-state index in [9.17, 15) is 33.2 Å². The average molecular weight is 264 g/mol. The molecule has 0 aliphatic rings. The highest BCUT2D eigenvalue weighted by Gasteiger charge is 2.31. The van der Waals surface area contributed by atoms with Gasteiger partial charge in [-0.15, -0.1) is 0 Å². The Morgan fingerprint density at radius 3 is 2.56 bits per heavy atom. The molecule has 0 radical (unpaired) electrons. The lowest BCUT2D eigenvalue weighted by atomic mass is 10.2. The number of carbonyl (C=O) groups excluding carboxylic acids is 1. The van der Waals surface area contributed by atoms with Crippen LogP contribution >= 0.6 is 0 Å². The van der Waals surface area contributed by atoms with Crippen molar-refractivity contribution in [3.05, 3.63) is 28.3 Å². The Morgan fingerprint density at radius 2 is 2.06 bits per heavy atom. The number of aromatic hydroxyl groups is 1. The monoisotopic (exact) mass is 264 g/mol. The molecule has 18 heavy (non-hydrogen) atoms. The zero-order valence-corrected chi connectivity index (χ0v) is 8.69. The number of halogens is 3. The maximum Gasteiger partial charge on any atom is 0.397 e. The van der Waals surface area contributed by atoms with E-state index in [-0.39, 0.29) is 0 Å². The molecule has 0 saturated carbocycles. The molecule has 9 heteroatoms. The number of amides is 1. The molecule has 0 bridgehead atoms. The third kappa shape index (κ3) is 3.92. The van der Waals surface area contributed by atoms with E-state index in [1.807, 2.05) is 0 Å². The largest absolute Gasteiger partial charge is 0.506 e. The molecule has 0 aliphatic carbocycles. The molecule has 98 valence electrons. The minimum Gasteiger partial charge on any atom is -0.506 e. The minimum absolute atomic E-state index is 0.446. The molecule has 0 spiro atoms. The molecule has 0 unspecified atom stereocenters. The van der Waals surface area contributed by atoms with Crippen LogP contribution < -0.4 is 5.32 Å². The maximum absolute atomic E-state index is 11.9. The highest BCUT2D eigenvalue weighted by molar-refractivity contribution is 5.93. The molecule has 1 rings (SSSR count). The third-order valence-electron chi connectivity index (χ3n) is 1.83. The summed E-state index contributed by atoms with van der Waals surface area (Å²) in [5, 5.41) is 21.4. The lowest BCUT2D eigenvalue weighted by Crippen LogP contribution is -2.21. The van der Waals surface area contributed by atoms with Crippen LogP contribution in [-0.4, -0.2) is 22.1 Å². The second-order valence-corrected chi connectivity index (χ2v) is 3.30. The fourth-order valence-corrected chi connectivity index (χ4v) is 1.11. The number of nitrogens with zero attached hydrogens (tertiary/aromatic N) is 1. The first-order chi connectivity index (χ1) is 8.19. The number of hydrogen-bond acceptors (Lipinski definition) is 4. The van der Waals surface area contributed by atoms with E-state index in [0.29, 0.717) is 0 Å². The van der Waals surface area contributed by atoms with Crippen molar-refractivity contribution >= 4 is 17.3 Å². The van der Waals surface area contributed by atoms with Gasteiger partial charge in [0.1, 0.15) is 12.2 Å². The molecule has 0 saturated heterocycles. The maximum atomic E-state index is 11.9. The molecule has 0 atom stereocenters. The van der Waals surface area contributed by atoms with Gasteiger partial charge in [-0.25, -0.2) is 0 Å². The zero-order valence-electron chi connectivity index (χ0n) is 8.69. The number of alkyl halides is 3. The van der Waals surface area contributed by atoms with Gasteiger partial charge in [-0.05, 0) is 6.07 Å². The molecule has 1 aromatic carbocycles. The summed E-state index contributed by atoms with van der Waals surface area (Å²) in [6.45, 7) is 0. The predicted molar refractivity (Wildman–Crippen MR) is 54.1 cm³/mol. The second-order valence-electron chi connectivity index (χ2n) is 3.30. The molecule has 0 fully saturated rings. The molecule has 1 amide bonds. The van der Waals surface area contributed by atoms with Gasteiger partial charge in [0, 0.05) is 12.1 Å². The van der Waals surface area contributed by atoms with Crippen molar-refractivity contribution in [3.8, 4) is 5.75 Å². The van der Waals surface area contributed by atoms with Crippen LogP contribution in [0.15, 0.2) is 18.2 Å². The molecule has 6 nitrogen and oxygen atoms in total. The summed E-state index contributed by atoms with van der Waals surface area (Å²) in [5.74, 6) is -1.98. The van der Waals surface area contributed by atoms with Crippen molar-refractivity contribution in [1.82, 2.24) is 0 Å². The lowest BCUT2D eigenvalue weighted by molar-refractivity contribution is -0.384. The van der Waals surface area contributed by atoms with Crippen LogP contribution in [0.5, 0.6) is 5.75 Å². The van der Waals surface area contributed by atoms with Crippen molar-refractivity contribution in [2.75, 3.05) is 5.32 Å². The van der Waals surface area contributed by atoms with Crippen molar-refractivity contribution < 1.29 is 28.0 Å². The number of nitro benzene ring substituents is 1. The topological polar surface area (TPSA) is 92.5 Å². The summed E-state index contributed by atoms with van der Waals surface area (Å²) in [4.78, 5) is 20.6. The Bertz CT molecular complexity index is 487. The van der Waals surface area contributed by atoms with E-state index < -0.39 is 40.6 Å². The van der Waals surface area contributed by atoms with Crippen LogP contribution in [0.2, 0.25) is 0 Å². The van der Waals surface area contributed by atoms with Gasteiger partial charge in [0.05, 0.1) is 10.6 Å². The van der Waals surface area contributed by atoms with Gasteiger partial charge < -0.3 is 10.4 Å². The Morgan fingerprint density at radius 1 is 1.44 bits per heavy atom. The number of non-ortho nitro benzene ring substituents is 1. The van der Waals surface area contributed by atoms with Gasteiger partial charge in [-0.1, -0.05) is 0 Å². The third-order valence-corrected chi connectivity index (χ3v) is 1.83. The summed E-state index contributed by atoms with van der Waals surface area (Å²) in [5.41, 5.74) is -0.909. The molecule has 0 aliphatic heterocycles. The minimum atomic E-state index is -4.69. The van der Waals surface area contributed by atoms with Crippen LogP contribution in [0.1, 0.15) is 6.42 Å². The summed E-state index contributed by atoms with van der Waals surface area (Å²) in [6.07, 6.45) is -6.43. The number of carbonyl (C=O) groups is 1. The van der Waals surface area contributed by atoms with Crippen LogP contribution in [0.25, 0.3) is 0 Å². The second kappa shape index (κ2) is 4.90. The predicted octanol–water partition coefficient (Wildman–Crippen LogP) is 2.19. The van der Waals surface area contributed by atoms with Crippen molar-refractivity contribution in [2.45, 2.75) is 12.6 Å². The highest BCUT2D eigenvalue weighted by atomic mass is 19.4. The number of phenols is 1. The van der Waals surface area contributed by atoms with Gasteiger partial charge >= 0.3 is 6.18 Å². The molecule has 2 N–H and O–H groups in total. The first kappa shape index (κ1) is 13.7. The van der Waals surface area contributed by atoms with Gasteiger partial charge in [-0.3, -0.25) is 14.9 Å². The van der Waals surface area contributed by atoms with Gasteiger partial charge in [0.25, 0.3) is 5.69 Å². The lowest BCUT2D eigenvalue weighted by Gasteiger charge is -2.08. The van der Waals surface area contributed by atoms with E-state index in [2.05, 4.69) is 0 Å². The quantitative estimate of drug-likeness (QED) is 0.497. The molecular formula is C9H7F3N2O4. The number of benzene rings is 1. The zero-order chi connectivity index (χ0) is 13.9. The molecule has 0 aromatic heterocycles. The number of phenolic OH excluding ortho intramolecular Hbond substituents is 1. The van der Waals surface area contributed by atoms with E-state index >= 15 is 0 Å². The molecular weight excluding hydrogens is 257 g/mol. The SMILES string of the molecule is O=C(CC(F)(F)F)Nc1cc([N+](=O)[O-])ccc1O. The number of hydrogen-bond donors (Lipinski definition) is 2. The van der Waals surface area contributed by atoms with Crippen LogP contribution in [-0.2, 0) is 4.79 Å². The van der Waals surface area contributed by atoms with E-state index in [1.165, 1.54) is 0 Å². The average Bonchev–Trinajstić information content (AvgIpc) is 2.18. The summed E-state index contributed by atoms with van der Waals surface area (Å²) in [7, 11) is 0. The van der Waals surface area contributed by atoms with Crippen molar-refractivity contribution in [2.24, 2.45) is 0 Å². The first-order valence-electron chi connectivity index (χ1n) is 4.53. The summed E-state index contributed by atoms with van der Waals surface area (Å²) < 4.78 is 35.7. The number of nitro groups is 1. The van der Waals surface area contributed by atoms with Crippen molar-refractivity contribution in [1.29, 1.82) is 0 Å². The van der Waals surface area contributed by atoms with Crippen molar-refractivity contribution in [3.63, 3.8) is 0 Å².